The highest BCUT2D eigenvalue weighted by Crippen LogP contribution is 2.27. The van der Waals surface area contributed by atoms with E-state index in [0.29, 0.717) is 12.3 Å². The van der Waals surface area contributed by atoms with Gasteiger partial charge in [-0.2, -0.15) is 21.9 Å². The van der Waals surface area contributed by atoms with E-state index in [2.05, 4.69) is 151 Å². The molecule has 0 saturated heterocycles. The highest BCUT2D eigenvalue weighted by Gasteiger charge is 2.31. The van der Waals surface area contributed by atoms with Crippen LogP contribution in [0.25, 0.3) is 22.6 Å². The summed E-state index contributed by atoms with van der Waals surface area (Å²) in [6, 6.07) is 55.4. The Morgan fingerprint density at radius 1 is 0.686 bits per heavy atom. The van der Waals surface area contributed by atoms with Crippen LogP contribution in [0.3, 0.4) is 0 Å². The maximum atomic E-state index is 10.8. The van der Waals surface area contributed by atoms with Crippen LogP contribution in [-0.2, 0) is 4.79 Å². The molecule has 0 fully saturated rings. The van der Waals surface area contributed by atoms with Crippen LogP contribution in [0.5, 0.6) is 0 Å². The van der Waals surface area contributed by atoms with Gasteiger partial charge in [-0.05, 0) is 32.0 Å². The first-order valence-electron chi connectivity index (χ1n) is 17.7. The number of carboxylic acids is 1. The summed E-state index contributed by atoms with van der Waals surface area (Å²) in [5.41, 5.74) is 8.81. The van der Waals surface area contributed by atoms with Gasteiger partial charge in [0.1, 0.15) is 30.8 Å². The summed E-state index contributed by atoms with van der Waals surface area (Å²) >= 11 is 0. The van der Waals surface area contributed by atoms with Gasteiger partial charge in [0.25, 0.3) is 0 Å². The minimum atomic E-state index is -1.22. The Balaban J connectivity index is 0.000000176. The predicted octanol–water partition coefficient (Wildman–Crippen LogP) is 5.72. The molecule has 5 aromatic carbocycles. The summed E-state index contributed by atoms with van der Waals surface area (Å²) in [6.45, 7) is 6.56. The van der Waals surface area contributed by atoms with E-state index in [1.165, 1.54) is 21.9 Å². The molecule has 0 bridgehead atoms. The summed E-state index contributed by atoms with van der Waals surface area (Å²) in [4.78, 5) is 17.7. The van der Waals surface area contributed by atoms with Crippen LogP contribution in [0.4, 0.5) is 5.69 Å². The molecule has 51 heavy (non-hydrogen) atoms. The van der Waals surface area contributed by atoms with E-state index >= 15 is 0 Å². The molecule has 7 rings (SSSR count). The first-order valence-corrected chi connectivity index (χ1v) is 17.7. The molecule has 0 amide bonds. The molecule has 0 radical (unpaired) electrons. The van der Waals surface area contributed by atoms with Gasteiger partial charge in [0.2, 0.25) is 5.36 Å². The average Bonchev–Trinajstić information content (AvgIpc) is 3.18. The van der Waals surface area contributed by atoms with Gasteiger partial charge in [-0.3, -0.25) is 4.79 Å². The second kappa shape index (κ2) is 16.2. The van der Waals surface area contributed by atoms with Crippen molar-refractivity contribution in [3.05, 3.63) is 163 Å². The Labute approximate surface area is 300 Å². The second-order valence-corrected chi connectivity index (χ2v) is 12.8. The van der Waals surface area contributed by atoms with Crippen LogP contribution < -0.4 is 36.7 Å². The van der Waals surface area contributed by atoms with Crippen LogP contribution in [0, 0.1) is 0 Å². The lowest BCUT2D eigenvalue weighted by molar-refractivity contribution is -0.136. The molecule has 1 heterocycles. The average molecular weight is 674 g/mol. The van der Waals surface area contributed by atoms with Crippen molar-refractivity contribution >= 4 is 50.8 Å². The van der Waals surface area contributed by atoms with Gasteiger partial charge in [-0.15, -0.1) is 0 Å². The molecule has 0 spiro atoms. The highest BCUT2D eigenvalue weighted by molar-refractivity contribution is 7.19. The van der Waals surface area contributed by atoms with E-state index in [0.717, 1.165) is 40.9 Å². The molecule has 0 aromatic heterocycles. The van der Waals surface area contributed by atoms with Crippen LogP contribution in [0.2, 0.25) is 0 Å². The molecule has 7 heteroatoms. The van der Waals surface area contributed by atoms with E-state index in [-0.39, 0.29) is 6.42 Å². The van der Waals surface area contributed by atoms with E-state index in [1.54, 1.807) is 0 Å². The van der Waals surface area contributed by atoms with Crippen molar-refractivity contribution in [1.82, 2.24) is 9.56 Å². The Bertz CT molecular complexity index is 2060. The van der Waals surface area contributed by atoms with Crippen molar-refractivity contribution in [3.8, 4) is 11.5 Å². The smallest absolute Gasteiger partial charge is 0.309 e. The number of aliphatic carboxylic acids is 1. The van der Waals surface area contributed by atoms with Gasteiger partial charge >= 0.3 is 5.97 Å². The number of anilines is 1. The van der Waals surface area contributed by atoms with Crippen molar-refractivity contribution in [2.24, 2.45) is 0 Å². The lowest BCUT2D eigenvalue weighted by Gasteiger charge is -2.44. The summed E-state index contributed by atoms with van der Waals surface area (Å²) in [6.07, 6.45) is -1.12. The maximum Gasteiger partial charge on any atom is 0.309 e. The zero-order valence-corrected chi connectivity index (χ0v) is 29.5. The van der Waals surface area contributed by atoms with Crippen molar-refractivity contribution < 1.29 is 14.3 Å². The van der Waals surface area contributed by atoms with Gasteiger partial charge < -0.3 is 14.4 Å². The summed E-state index contributed by atoms with van der Waals surface area (Å²) < 4.78 is 8.01. The predicted molar refractivity (Wildman–Crippen MR) is 213 cm³/mol. The van der Waals surface area contributed by atoms with Crippen molar-refractivity contribution in [2.75, 3.05) is 31.6 Å². The molecule has 0 saturated carbocycles. The van der Waals surface area contributed by atoms with Gasteiger partial charge in [0.05, 0.1) is 6.07 Å². The van der Waals surface area contributed by atoms with Crippen molar-refractivity contribution in [3.63, 3.8) is 0 Å². The van der Waals surface area contributed by atoms with E-state index < -0.39 is 12.1 Å². The van der Waals surface area contributed by atoms with E-state index in [1.807, 2.05) is 42.0 Å². The minimum Gasteiger partial charge on any atom is -0.481 e. The number of benzene rings is 6. The third-order valence-electron chi connectivity index (χ3n) is 9.78. The number of carbonyl (C=O) groups is 1. The largest absolute Gasteiger partial charge is 0.481 e. The molecule has 1 aliphatic heterocycles. The Hall–Kier alpha value is -5.95. The Morgan fingerprint density at radius 2 is 1.18 bits per heavy atom. The number of rotatable bonds is 10. The second-order valence-electron chi connectivity index (χ2n) is 12.8. The zero-order valence-electron chi connectivity index (χ0n) is 29.5. The first-order chi connectivity index (χ1) is 24.9. The summed E-state index contributed by atoms with van der Waals surface area (Å²) in [7, 11) is 1.87. The number of nitrogens with zero attached hydrogens (tertiary/aromatic N) is 3. The first kappa shape index (κ1) is 34.9. The monoisotopic (exact) mass is 673 g/mol. The summed E-state index contributed by atoms with van der Waals surface area (Å²) in [5, 5.41) is 9.76. The molecule has 2 aliphatic rings. The van der Waals surface area contributed by atoms with Gasteiger partial charge in [-0.1, -0.05) is 121 Å². The Kier molecular flexibility index (Phi) is 11.1. The molecular formula is C44H44BN3O3. The molecule has 1 aliphatic carbocycles. The molecular weight excluding hydrogens is 629 g/mol. The lowest BCUT2D eigenvalue weighted by Crippen LogP contribution is -2.74. The van der Waals surface area contributed by atoms with Crippen molar-refractivity contribution in [1.29, 1.82) is 0 Å². The standard InChI is InChI=1S/C24H20B.C20H23N3O3/c1-5-13-21(14-6-1)25(22-15-7-2-8-16-22,23-17-9-3-10-18-23)24-19-11-4-12-20-24;1-4-23(5-2)15-7-9-17-19(13-15)26-18-12-14(6-8-16(18)21-17)22(3)11-10-20(24)25/h1-20H;6-9,12-13H,4-5,10-11H2,1-3H3/q-1;/p+1. The van der Waals surface area contributed by atoms with E-state index in [4.69, 9.17) is 9.52 Å². The maximum absolute atomic E-state index is 10.8. The SMILES string of the molecule is CCN(CC)c1ccc2nc3ccc(=[N+](C)CCC(=O)O)cc-3oc2c1.c1ccc([B-](c2ccccc2)(c2ccccc2)c2ccccc2)cc1. The lowest BCUT2D eigenvalue weighted by atomic mass is 9.13. The Morgan fingerprint density at radius 3 is 1.63 bits per heavy atom. The zero-order chi connectivity index (χ0) is 35.6. The van der Waals surface area contributed by atoms with Crippen LogP contribution >= 0.6 is 0 Å². The third-order valence-corrected chi connectivity index (χ3v) is 9.78. The highest BCUT2D eigenvalue weighted by atomic mass is 16.4. The van der Waals surface area contributed by atoms with Gasteiger partial charge in [-0.25, -0.2) is 9.56 Å². The number of hydrogen-bond acceptors (Lipinski definition) is 4. The molecule has 5 aromatic rings. The third kappa shape index (κ3) is 7.63. The number of aromatic nitrogens is 1. The van der Waals surface area contributed by atoms with Crippen LogP contribution in [0.1, 0.15) is 20.3 Å². The normalized spacial score (nSPS) is 11.8. The topological polar surface area (TPSA) is 69.6 Å². The molecule has 0 unspecified atom stereocenters. The van der Waals surface area contributed by atoms with Crippen LogP contribution in [-0.4, -0.2) is 48.9 Å². The number of carboxylic acid groups (broad SMARTS) is 1. The van der Waals surface area contributed by atoms with E-state index in [9.17, 15) is 4.79 Å². The minimum absolute atomic E-state index is 0.0921. The fourth-order valence-electron chi connectivity index (χ4n) is 7.14. The fraction of sp³-hybridized carbons (Fsp3) is 0.159. The summed E-state index contributed by atoms with van der Waals surface area (Å²) in [5.74, 6) is -0.118. The molecule has 1 N–H and O–H groups in total. The fourth-order valence-corrected chi connectivity index (χ4v) is 7.14. The van der Waals surface area contributed by atoms with Crippen LogP contribution in [0.15, 0.2) is 162 Å². The molecule has 6 nitrogen and oxygen atoms in total. The van der Waals surface area contributed by atoms with Gasteiger partial charge in [0.15, 0.2) is 17.9 Å². The number of hydrogen-bond donors (Lipinski definition) is 1. The van der Waals surface area contributed by atoms with Gasteiger partial charge in [0, 0.05) is 30.9 Å². The quantitative estimate of drug-likeness (QED) is 0.114. The molecule has 256 valence electrons. The number of fused-ring (bicyclic) bond motifs is 2. The van der Waals surface area contributed by atoms with Crippen molar-refractivity contribution in [2.45, 2.75) is 20.3 Å². The molecule has 0 atom stereocenters.